The number of amides is 1. The van der Waals surface area contributed by atoms with E-state index in [0.717, 1.165) is 67.9 Å². The first kappa shape index (κ1) is 19.8. The maximum absolute atomic E-state index is 12.8. The number of hydrogen-bond acceptors (Lipinski definition) is 4. The van der Waals surface area contributed by atoms with E-state index in [1.54, 1.807) is 0 Å². The van der Waals surface area contributed by atoms with Crippen LogP contribution in [0.1, 0.15) is 29.8 Å². The molecular weight excluding hydrogens is 362 g/mol. The summed E-state index contributed by atoms with van der Waals surface area (Å²) in [4.78, 5) is 14.8. The predicted molar refractivity (Wildman–Crippen MR) is 107 cm³/mol. The molecule has 6 nitrogen and oxygen atoms in total. The molecule has 2 saturated heterocycles. The number of aromatic nitrogens is 3. The zero-order valence-corrected chi connectivity index (χ0v) is 16.8. The van der Waals surface area contributed by atoms with E-state index < -0.39 is 0 Å². The van der Waals surface area contributed by atoms with Gasteiger partial charge in [-0.25, -0.2) is 4.68 Å². The van der Waals surface area contributed by atoms with Gasteiger partial charge in [-0.1, -0.05) is 22.9 Å². The molecule has 1 amide bonds. The standard InChI is InChI=1S/C20H27N5O.ClH/c1-14-3-5-18(6-4-14)25-15(2)19(22-23-25)11-20(26)24-9-7-16-12-21-13-17(16)8-10-24;/h3-6,16-17,21H,7-13H2,1-2H3;1H/t16-,17+;. The summed E-state index contributed by atoms with van der Waals surface area (Å²) in [5.41, 5.74) is 3.91. The Morgan fingerprint density at radius 1 is 1.11 bits per heavy atom. The number of carbonyl (C=O) groups is 1. The largest absolute Gasteiger partial charge is 0.342 e. The van der Waals surface area contributed by atoms with Gasteiger partial charge in [0.2, 0.25) is 5.91 Å². The number of hydrogen-bond donors (Lipinski definition) is 1. The Bertz CT molecular complexity index is 774. The molecule has 0 aliphatic carbocycles. The van der Waals surface area contributed by atoms with E-state index in [2.05, 4.69) is 34.7 Å². The summed E-state index contributed by atoms with van der Waals surface area (Å²) in [7, 11) is 0. The number of aryl methyl sites for hydroxylation is 1. The van der Waals surface area contributed by atoms with E-state index >= 15 is 0 Å². The Hall–Kier alpha value is -1.92. The summed E-state index contributed by atoms with van der Waals surface area (Å²) < 4.78 is 1.82. The smallest absolute Gasteiger partial charge is 0.228 e. The Morgan fingerprint density at radius 2 is 1.74 bits per heavy atom. The van der Waals surface area contributed by atoms with Gasteiger partial charge in [-0.15, -0.1) is 17.5 Å². The van der Waals surface area contributed by atoms with Crippen LogP contribution in [0.4, 0.5) is 0 Å². The number of nitrogens with one attached hydrogen (secondary N) is 1. The van der Waals surface area contributed by atoms with Gasteiger partial charge in [0.25, 0.3) is 0 Å². The summed E-state index contributed by atoms with van der Waals surface area (Å²) >= 11 is 0. The monoisotopic (exact) mass is 389 g/mol. The average Bonchev–Trinajstić information content (AvgIpc) is 3.17. The Labute approximate surface area is 166 Å². The first-order valence-electron chi connectivity index (χ1n) is 9.58. The zero-order valence-electron chi connectivity index (χ0n) is 16.0. The van der Waals surface area contributed by atoms with E-state index in [-0.39, 0.29) is 18.3 Å². The van der Waals surface area contributed by atoms with Crippen LogP contribution in [0.15, 0.2) is 24.3 Å². The number of rotatable bonds is 3. The van der Waals surface area contributed by atoms with Crippen molar-refractivity contribution in [2.45, 2.75) is 33.1 Å². The van der Waals surface area contributed by atoms with E-state index in [4.69, 9.17) is 0 Å². The molecule has 7 heteroatoms. The fraction of sp³-hybridized carbons (Fsp3) is 0.550. The number of benzene rings is 1. The summed E-state index contributed by atoms with van der Waals surface area (Å²) in [6.07, 6.45) is 2.56. The van der Waals surface area contributed by atoms with Gasteiger partial charge in [-0.2, -0.15) is 0 Å². The van der Waals surface area contributed by atoms with Crippen molar-refractivity contribution in [1.29, 1.82) is 0 Å². The highest BCUT2D eigenvalue weighted by Crippen LogP contribution is 2.27. The number of fused-ring (bicyclic) bond motifs is 1. The minimum absolute atomic E-state index is 0. The molecular formula is C20H28ClN5O. The lowest BCUT2D eigenvalue weighted by molar-refractivity contribution is -0.130. The lowest BCUT2D eigenvalue weighted by Crippen LogP contribution is -2.34. The van der Waals surface area contributed by atoms with Crippen LogP contribution in [-0.4, -0.2) is 52.0 Å². The second-order valence-corrected chi connectivity index (χ2v) is 7.68. The lowest BCUT2D eigenvalue weighted by atomic mass is 9.92. The second-order valence-electron chi connectivity index (χ2n) is 7.68. The number of likely N-dealkylation sites (tertiary alicyclic amines) is 1. The van der Waals surface area contributed by atoms with Gasteiger partial charge in [0.05, 0.1) is 23.5 Å². The second kappa shape index (κ2) is 8.40. The minimum atomic E-state index is 0. The Balaban J connectivity index is 0.00000210. The fourth-order valence-corrected chi connectivity index (χ4v) is 4.18. The molecule has 1 aromatic carbocycles. The topological polar surface area (TPSA) is 63.1 Å². The molecule has 2 fully saturated rings. The van der Waals surface area contributed by atoms with E-state index in [1.165, 1.54) is 5.56 Å². The van der Waals surface area contributed by atoms with Crippen molar-refractivity contribution in [1.82, 2.24) is 25.2 Å². The molecule has 2 atom stereocenters. The summed E-state index contributed by atoms with van der Waals surface area (Å²) in [5.74, 6) is 1.64. The molecule has 0 bridgehead atoms. The summed E-state index contributed by atoms with van der Waals surface area (Å²) in [6, 6.07) is 8.18. The van der Waals surface area contributed by atoms with Crippen molar-refractivity contribution in [3.8, 4) is 5.69 Å². The van der Waals surface area contributed by atoms with Crippen molar-refractivity contribution >= 4 is 18.3 Å². The highest BCUT2D eigenvalue weighted by molar-refractivity contribution is 5.85. The van der Waals surface area contributed by atoms with E-state index in [1.807, 2.05) is 28.6 Å². The molecule has 0 spiro atoms. The maximum Gasteiger partial charge on any atom is 0.228 e. The van der Waals surface area contributed by atoms with Gasteiger partial charge in [-0.3, -0.25) is 4.79 Å². The highest BCUT2D eigenvalue weighted by atomic mass is 35.5. The van der Waals surface area contributed by atoms with E-state index in [9.17, 15) is 4.79 Å². The summed E-state index contributed by atoms with van der Waals surface area (Å²) in [5, 5.41) is 12.0. The third-order valence-corrected chi connectivity index (χ3v) is 5.96. The molecule has 3 heterocycles. The lowest BCUT2D eigenvalue weighted by Gasteiger charge is -2.20. The van der Waals surface area contributed by atoms with Crippen LogP contribution in [0, 0.1) is 25.7 Å². The molecule has 1 N–H and O–H groups in total. The van der Waals surface area contributed by atoms with Gasteiger partial charge in [0.15, 0.2) is 0 Å². The van der Waals surface area contributed by atoms with Crippen molar-refractivity contribution < 1.29 is 4.79 Å². The van der Waals surface area contributed by atoms with Gasteiger partial charge in [0, 0.05) is 13.1 Å². The quantitative estimate of drug-likeness (QED) is 0.874. The Kier molecular flexibility index (Phi) is 6.17. The molecule has 2 aliphatic heterocycles. The van der Waals surface area contributed by atoms with Crippen molar-refractivity contribution in [3.05, 3.63) is 41.2 Å². The van der Waals surface area contributed by atoms with Crippen LogP contribution in [0.3, 0.4) is 0 Å². The first-order valence-corrected chi connectivity index (χ1v) is 9.58. The SMILES string of the molecule is Cc1ccc(-n2nnc(CC(=O)N3CC[C@@H]4CNC[C@@H]4CC3)c2C)cc1.Cl. The first-order chi connectivity index (χ1) is 12.6. The molecule has 0 radical (unpaired) electrons. The molecule has 2 aromatic rings. The van der Waals surface area contributed by atoms with Gasteiger partial charge in [0.1, 0.15) is 0 Å². The van der Waals surface area contributed by atoms with Gasteiger partial charge < -0.3 is 10.2 Å². The van der Waals surface area contributed by atoms with Crippen molar-refractivity contribution in [3.63, 3.8) is 0 Å². The van der Waals surface area contributed by atoms with Crippen LogP contribution >= 0.6 is 12.4 Å². The normalized spacial score (nSPS) is 22.1. The van der Waals surface area contributed by atoms with Crippen LogP contribution in [-0.2, 0) is 11.2 Å². The molecule has 2 aliphatic rings. The molecule has 146 valence electrons. The molecule has 0 saturated carbocycles. The predicted octanol–water partition coefficient (Wildman–Crippen LogP) is 2.31. The third-order valence-electron chi connectivity index (χ3n) is 5.96. The molecule has 0 unspecified atom stereocenters. The minimum Gasteiger partial charge on any atom is -0.342 e. The molecule has 1 aromatic heterocycles. The molecule has 4 rings (SSSR count). The van der Waals surface area contributed by atoms with Crippen molar-refractivity contribution in [2.75, 3.05) is 26.2 Å². The maximum atomic E-state index is 12.8. The third kappa shape index (κ3) is 4.17. The van der Waals surface area contributed by atoms with Gasteiger partial charge in [-0.05, 0) is 63.7 Å². The number of nitrogens with zero attached hydrogens (tertiary/aromatic N) is 4. The van der Waals surface area contributed by atoms with Crippen LogP contribution in [0.25, 0.3) is 5.69 Å². The van der Waals surface area contributed by atoms with Crippen LogP contribution < -0.4 is 5.32 Å². The molecule has 27 heavy (non-hydrogen) atoms. The number of halogens is 1. The highest BCUT2D eigenvalue weighted by Gasteiger charge is 2.31. The number of carbonyl (C=O) groups excluding carboxylic acids is 1. The van der Waals surface area contributed by atoms with Crippen molar-refractivity contribution in [2.24, 2.45) is 11.8 Å². The van der Waals surface area contributed by atoms with Crippen LogP contribution in [0.5, 0.6) is 0 Å². The zero-order chi connectivity index (χ0) is 18.1. The fourth-order valence-electron chi connectivity index (χ4n) is 4.18. The Morgan fingerprint density at radius 3 is 2.37 bits per heavy atom. The summed E-state index contributed by atoms with van der Waals surface area (Å²) in [6.45, 7) is 8.00. The van der Waals surface area contributed by atoms with Gasteiger partial charge >= 0.3 is 0 Å². The van der Waals surface area contributed by atoms with E-state index in [0.29, 0.717) is 6.42 Å². The average molecular weight is 390 g/mol. The van der Waals surface area contributed by atoms with Crippen LogP contribution in [0.2, 0.25) is 0 Å².